The number of sulfonamides is 1. The van der Waals surface area contributed by atoms with E-state index in [0.717, 1.165) is 11.1 Å². The predicted octanol–water partition coefficient (Wildman–Crippen LogP) is 3.62. The van der Waals surface area contributed by atoms with Gasteiger partial charge in [-0.1, -0.05) is 67.9 Å². The highest BCUT2D eigenvalue weighted by molar-refractivity contribution is 7.90. The van der Waals surface area contributed by atoms with Crippen molar-refractivity contribution in [2.45, 2.75) is 30.7 Å². The Balaban J connectivity index is 1.80. The normalized spacial score (nSPS) is 16.2. The number of halogens is 1. The number of carbonyl (C=O) groups excluding carboxylic acids is 1. The van der Waals surface area contributed by atoms with Crippen molar-refractivity contribution in [1.82, 2.24) is 15.0 Å². The number of carbonyl (C=O) groups is 1. The van der Waals surface area contributed by atoms with Gasteiger partial charge in [-0.3, -0.25) is 4.79 Å². The summed E-state index contributed by atoms with van der Waals surface area (Å²) in [7, 11) is -2.65. The molecule has 42 heavy (non-hydrogen) atoms. The second-order valence-electron chi connectivity index (χ2n) is 9.97. The Hall–Kier alpha value is -3.93. The molecule has 0 saturated carbocycles. The number of rotatable bonds is 10. The zero-order chi connectivity index (χ0) is 30.3. The van der Waals surface area contributed by atoms with Crippen LogP contribution in [0.1, 0.15) is 30.9 Å². The Morgan fingerprint density at radius 2 is 1.76 bits per heavy atom. The Labute approximate surface area is 251 Å². The van der Waals surface area contributed by atoms with Gasteiger partial charge in [-0.25, -0.2) is 23.1 Å². The number of hydrazone groups is 1. The zero-order valence-corrected chi connectivity index (χ0v) is 25.1. The molecular formula is C30H34ClN5O5S. The minimum atomic E-state index is -4.14. The van der Waals surface area contributed by atoms with E-state index < -0.39 is 22.0 Å². The van der Waals surface area contributed by atoms with Gasteiger partial charge in [0.25, 0.3) is 10.0 Å². The Kier molecular flexibility index (Phi) is 10.2. The number of amides is 1. The molecular weight excluding hydrogens is 578 g/mol. The number of benzene rings is 3. The van der Waals surface area contributed by atoms with E-state index in [2.05, 4.69) is 15.0 Å². The molecule has 10 nitrogen and oxygen atoms in total. The van der Waals surface area contributed by atoms with Crippen LogP contribution in [-0.2, 0) is 14.8 Å². The smallest absolute Gasteiger partial charge is 0.264 e. The highest BCUT2D eigenvalue weighted by Crippen LogP contribution is 2.30. The fraction of sp³-hybridized carbons (Fsp3) is 0.300. The van der Waals surface area contributed by atoms with Crippen molar-refractivity contribution < 1.29 is 23.1 Å². The van der Waals surface area contributed by atoms with E-state index in [4.69, 9.17) is 21.4 Å². The molecule has 0 radical (unpaired) electrons. The van der Waals surface area contributed by atoms with Crippen molar-refractivity contribution in [1.29, 1.82) is 0 Å². The van der Waals surface area contributed by atoms with Crippen LogP contribution in [0.2, 0.25) is 5.02 Å². The molecule has 222 valence electrons. The number of methoxy groups -OCH3 is 1. The molecule has 0 aromatic heterocycles. The van der Waals surface area contributed by atoms with E-state index >= 15 is 0 Å². The van der Waals surface area contributed by atoms with Crippen LogP contribution in [-0.4, -0.2) is 69.0 Å². The second kappa shape index (κ2) is 13.8. The van der Waals surface area contributed by atoms with Crippen LogP contribution in [0.25, 0.3) is 0 Å². The summed E-state index contributed by atoms with van der Waals surface area (Å²) in [4.78, 5) is 17.6. The first-order valence-corrected chi connectivity index (χ1v) is 15.3. The number of hydrogen-bond acceptors (Lipinski definition) is 7. The van der Waals surface area contributed by atoms with Crippen LogP contribution in [0, 0.1) is 5.92 Å². The lowest BCUT2D eigenvalue weighted by molar-refractivity contribution is -0.123. The van der Waals surface area contributed by atoms with Crippen molar-refractivity contribution in [2.75, 3.05) is 26.8 Å². The van der Waals surface area contributed by atoms with Crippen LogP contribution in [0.15, 0.2) is 93.9 Å². The lowest BCUT2D eigenvalue weighted by Crippen LogP contribution is -2.45. The summed E-state index contributed by atoms with van der Waals surface area (Å²) in [5.41, 5.74) is 2.49. The van der Waals surface area contributed by atoms with Crippen molar-refractivity contribution in [3.05, 3.63) is 95.0 Å². The molecule has 12 heteroatoms. The average Bonchev–Trinajstić information content (AvgIpc) is 3.44. The van der Waals surface area contributed by atoms with Crippen LogP contribution < -0.4 is 14.8 Å². The highest BCUT2D eigenvalue weighted by atomic mass is 35.5. The quantitative estimate of drug-likeness (QED) is 0.237. The maximum atomic E-state index is 13.6. The van der Waals surface area contributed by atoms with Gasteiger partial charge < -0.3 is 15.2 Å². The molecule has 3 aromatic rings. The first-order valence-electron chi connectivity index (χ1n) is 13.4. The summed E-state index contributed by atoms with van der Waals surface area (Å²) in [5, 5.41) is 18.8. The zero-order valence-electron chi connectivity index (χ0n) is 23.6. The number of aliphatic hydroxyl groups is 1. The Bertz CT molecular complexity index is 1530. The molecule has 1 aliphatic rings. The number of aliphatic imine (C=N–C) groups is 1. The van der Waals surface area contributed by atoms with Gasteiger partial charge in [0, 0.05) is 17.5 Å². The van der Waals surface area contributed by atoms with Gasteiger partial charge in [-0.2, -0.15) is 5.10 Å². The van der Waals surface area contributed by atoms with Crippen LogP contribution >= 0.6 is 11.6 Å². The van der Waals surface area contributed by atoms with Crippen LogP contribution in [0.3, 0.4) is 0 Å². The van der Waals surface area contributed by atoms with E-state index in [1.807, 2.05) is 42.5 Å². The Morgan fingerprint density at radius 1 is 1.10 bits per heavy atom. The molecule has 1 heterocycles. The molecule has 3 N–H and O–H groups in total. The molecule has 4 rings (SSSR count). The number of hydrogen-bond donors (Lipinski definition) is 3. The van der Waals surface area contributed by atoms with Gasteiger partial charge in [0.1, 0.15) is 11.8 Å². The van der Waals surface area contributed by atoms with Crippen LogP contribution in [0.4, 0.5) is 0 Å². The van der Waals surface area contributed by atoms with E-state index in [-0.39, 0.29) is 42.4 Å². The standard InChI is InChI=1S/C30H34ClN5O5S/c1-20(2)27(29(38)32-17-18-37)33-30(35-42(39,40)25-15-13-24(41-3)14-16-25)36-19-26(21-7-5-4-6-8-21)28(34-36)22-9-11-23(31)12-10-22/h4-16,20,26-27,37H,17-19H2,1-3H3,(H,32,38)(H,33,35). The highest BCUT2D eigenvalue weighted by Gasteiger charge is 2.34. The van der Waals surface area contributed by atoms with Gasteiger partial charge >= 0.3 is 0 Å². The number of nitrogens with one attached hydrogen (secondary N) is 2. The Morgan fingerprint density at radius 3 is 2.36 bits per heavy atom. The molecule has 0 bridgehead atoms. The third-order valence-corrected chi connectivity index (χ3v) is 8.26. The van der Waals surface area contributed by atoms with Gasteiger partial charge in [0.05, 0.1) is 30.9 Å². The third-order valence-electron chi connectivity index (χ3n) is 6.67. The fourth-order valence-corrected chi connectivity index (χ4v) is 5.60. The average molecular weight is 612 g/mol. The summed E-state index contributed by atoms with van der Waals surface area (Å²) in [6.45, 7) is 3.68. The number of nitrogens with zero attached hydrogens (tertiary/aromatic N) is 3. The van der Waals surface area contributed by atoms with Gasteiger partial charge in [0.15, 0.2) is 0 Å². The minimum absolute atomic E-state index is 0.0115. The number of ether oxygens (including phenoxy) is 1. The maximum Gasteiger partial charge on any atom is 0.264 e. The topological polar surface area (TPSA) is 133 Å². The molecule has 3 aromatic carbocycles. The maximum absolute atomic E-state index is 13.6. The lowest BCUT2D eigenvalue weighted by Gasteiger charge is -2.23. The molecule has 0 fully saturated rings. The first-order chi connectivity index (χ1) is 20.1. The molecule has 2 unspecified atom stereocenters. The van der Waals surface area contributed by atoms with Crippen LogP contribution in [0.5, 0.6) is 5.75 Å². The van der Waals surface area contributed by atoms with Gasteiger partial charge in [0.2, 0.25) is 11.9 Å². The monoisotopic (exact) mass is 611 g/mol. The largest absolute Gasteiger partial charge is 0.497 e. The first kappa shape index (κ1) is 31.0. The van der Waals surface area contributed by atoms with E-state index in [1.54, 1.807) is 38.1 Å². The van der Waals surface area contributed by atoms with E-state index in [9.17, 15) is 18.3 Å². The lowest BCUT2D eigenvalue weighted by atomic mass is 9.91. The number of guanidine groups is 1. The predicted molar refractivity (Wildman–Crippen MR) is 163 cm³/mol. The third kappa shape index (κ3) is 7.47. The van der Waals surface area contributed by atoms with Crippen molar-refractivity contribution >= 4 is 39.2 Å². The fourth-order valence-electron chi connectivity index (χ4n) is 4.47. The van der Waals surface area contributed by atoms with Crippen molar-refractivity contribution in [2.24, 2.45) is 16.0 Å². The van der Waals surface area contributed by atoms with Crippen molar-refractivity contribution in [3.8, 4) is 5.75 Å². The molecule has 1 amide bonds. The van der Waals surface area contributed by atoms with E-state index in [1.165, 1.54) is 24.3 Å². The van der Waals surface area contributed by atoms with Crippen molar-refractivity contribution in [3.63, 3.8) is 0 Å². The summed E-state index contributed by atoms with van der Waals surface area (Å²) < 4.78 is 34.9. The molecule has 1 aliphatic heterocycles. The van der Waals surface area contributed by atoms with Gasteiger partial charge in [-0.15, -0.1) is 0 Å². The van der Waals surface area contributed by atoms with E-state index in [0.29, 0.717) is 16.5 Å². The molecule has 0 aliphatic carbocycles. The summed E-state index contributed by atoms with van der Waals surface area (Å²) >= 11 is 6.15. The second-order valence-corrected chi connectivity index (χ2v) is 12.1. The summed E-state index contributed by atoms with van der Waals surface area (Å²) in [5.74, 6) is -0.569. The molecule has 0 saturated heterocycles. The van der Waals surface area contributed by atoms with Gasteiger partial charge in [-0.05, 0) is 53.4 Å². The minimum Gasteiger partial charge on any atom is -0.497 e. The summed E-state index contributed by atoms with van der Waals surface area (Å²) in [6, 6.07) is 22.0. The molecule has 2 atom stereocenters. The number of aliphatic hydroxyl groups excluding tert-OH is 1. The molecule has 0 spiro atoms. The SMILES string of the molecule is COc1ccc(S(=O)(=O)NC(=NC(C(=O)NCCO)C(C)C)N2CC(c3ccccc3)C(c3ccc(Cl)cc3)=N2)cc1. The summed E-state index contributed by atoms with van der Waals surface area (Å²) in [6.07, 6.45) is 0.